The molecule has 2 aliphatic heterocycles. The highest BCUT2D eigenvalue weighted by molar-refractivity contribution is 8.07. The Morgan fingerprint density at radius 2 is 2.23 bits per heavy atom. The maximum atomic E-state index is 10.4. The fourth-order valence-corrected chi connectivity index (χ4v) is 4.07. The van der Waals surface area contributed by atoms with Crippen molar-refractivity contribution in [2.45, 2.75) is 24.5 Å². The zero-order chi connectivity index (χ0) is 15.5. The highest BCUT2D eigenvalue weighted by atomic mass is 32.5. The smallest absolute Gasteiger partial charge is 0.325 e. The molecule has 2 saturated heterocycles. The van der Waals surface area contributed by atoms with E-state index >= 15 is 0 Å². The summed E-state index contributed by atoms with van der Waals surface area (Å²) in [5.74, 6) is 0.235. The lowest BCUT2D eigenvalue weighted by Crippen LogP contribution is -2.39. The average Bonchev–Trinajstić information content (AvgIpc) is 3.01. The summed E-state index contributed by atoms with van der Waals surface area (Å²) >= 11 is 4.80. The Labute approximate surface area is 129 Å². The number of aliphatic hydroxyl groups is 1. The molecule has 0 amide bonds. The zero-order valence-electron chi connectivity index (χ0n) is 11.0. The SMILES string of the molecule is Nc1ncnc2c1ncn2[C@@H]1OC2CO[P@@](O)(=S)OC2[C@@H]1O. The molecule has 4 rings (SSSR count). The van der Waals surface area contributed by atoms with Crippen molar-refractivity contribution in [3.05, 3.63) is 12.7 Å². The summed E-state index contributed by atoms with van der Waals surface area (Å²) < 4.78 is 17.6. The van der Waals surface area contributed by atoms with Gasteiger partial charge in [0.25, 0.3) is 0 Å². The first-order valence-electron chi connectivity index (χ1n) is 6.38. The van der Waals surface area contributed by atoms with E-state index < -0.39 is 31.3 Å². The molecule has 4 N–H and O–H groups in total. The van der Waals surface area contributed by atoms with Crippen LogP contribution in [-0.2, 0) is 25.6 Å². The first-order chi connectivity index (χ1) is 10.5. The van der Waals surface area contributed by atoms with Crippen molar-refractivity contribution in [1.29, 1.82) is 0 Å². The highest BCUT2D eigenvalue weighted by Gasteiger charge is 2.51. The summed E-state index contributed by atoms with van der Waals surface area (Å²) in [4.78, 5) is 21.8. The number of hydrogen-bond acceptors (Lipinski definition) is 9. The van der Waals surface area contributed by atoms with Crippen molar-refractivity contribution in [3.8, 4) is 0 Å². The van der Waals surface area contributed by atoms with Crippen LogP contribution in [-0.4, -0.2) is 54.4 Å². The number of imidazole rings is 1. The number of nitrogens with zero attached hydrogens (tertiary/aromatic N) is 4. The molecule has 0 radical (unpaired) electrons. The largest absolute Gasteiger partial charge is 0.386 e. The Morgan fingerprint density at radius 3 is 3.05 bits per heavy atom. The number of rotatable bonds is 1. The Hall–Kier alpha value is -1.20. The van der Waals surface area contributed by atoms with E-state index in [2.05, 4.69) is 15.0 Å². The van der Waals surface area contributed by atoms with Gasteiger partial charge in [0.1, 0.15) is 30.2 Å². The van der Waals surface area contributed by atoms with Crippen molar-refractivity contribution in [2.24, 2.45) is 0 Å². The van der Waals surface area contributed by atoms with Crippen LogP contribution in [0, 0.1) is 0 Å². The number of fused-ring (bicyclic) bond motifs is 2. The van der Waals surface area contributed by atoms with Crippen LogP contribution in [0.2, 0.25) is 0 Å². The zero-order valence-corrected chi connectivity index (χ0v) is 12.7. The van der Waals surface area contributed by atoms with Gasteiger partial charge in [0.2, 0.25) is 0 Å². The minimum atomic E-state index is -3.33. The summed E-state index contributed by atoms with van der Waals surface area (Å²) in [6, 6.07) is 0. The molecule has 118 valence electrons. The number of anilines is 1. The molecule has 4 heterocycles. The number of ether oxygens (including phenoxy) is 1. The van der Waals surface area contributed by atoms with Crippen LogP contribution in [0.1, 0.15) is 6.23 Å². The summed E-state index contributed by atoms with van der Waals surface area (Å²) in [6.07, 6.45) is -0.414. The quantitative estimate of drug-likeness (QED) is 0.569. The van der Waals surface area contributed by atoms with Gasteiger partial charge in [-0.05, 0) is 11.8 Å². The van der Waals surface area contributed by atoms with Gasteiger partial charge in [0.15, 0.2) is 17.7 Å². The van der Waals surface area contributed by atoms with Gasteiger partial charge in [-0.2, -0.15) is 0 Å². The van der Waals surface area contributed by atoms with Crippen LogP contribution in [0.4, 0.5) is 5.82 Å². The molecule has 2 fully saturated rings. The molecule has 2 aromatic rings. The van der Waals surface area contributed by atoms with Crippen molar-refractivity contribution in [2.75, 3.05) is 12.3 Å². The third-order valence-electron chi connectivity index (χ3n) is 3.63. The van der Waals surface area contributed by atoms with Crippen LogP contribution in [0.3, 0.4) is 0 Å². The number of aliphatic hydroxyl groups excluding tert-OH is 1. The fourth-order valence-electron chi connectivity index (χ4n) is 2.62. The third-order valence-corrected chi connectivity index (χ3v) is 5.19. The van der Waals surface area contributed by atoms with E-state index in [9.17, 15) is 10.00 Å². The molecular weight excluding hydrogens is 333 g/mol. The molecular formula is C10H12N5O5PS. The summed E-state index contributed by atoms with van der Waals surface area (Å²) in [7, 11) is 0. The van der Waals surface area contributed by atoms with E-state index in [-0.39, 0.29) is 12.4 Å². The lowest BCUT2D eigenvalue weighted by Gasteiger charge is -2.30. The minimum absolute atomic E-state index is 0.0513. The minimum Gasteiger partial charge on any atom is -0.386 e. The van der Waals surface area contributed by atoms with E-state index in [1.807, 2.05) is 0 Å². The van der Waals surface area contributed by atoms with Gasteiger partial charge in [-0.25, -0.2) is 15.0 Å². The van der Waals surface area contributed by atoms with Crippen molar-refractivity contribution >= 4 is 35.5 Å². The standard InChI is InChI=1S/C10H12N5O5PS/c11-8-5-9(13-2-12-8)15(3-14-5)10-6(16)7-4(19-10)1-18-21(17,22)20-7/h2-4,6-7,10,16H,1H2,(H,17,22)(H2,11,12,13)/t4?,6-,7?,10+,21+/m0/s1. The molecule has 0 saturated carbocycles. The van der Waals surface area contributed by atoms with Gasteiger partial charge >= 0.3 is 6.72 Å². The van der Waals surface area contributed by atoms with Crippen LogP contribution in [0.15, 0.2) is 12.7 Å². The van der Waals surface area contributed by atoms with E-state index in [0.29, 0.717) is 11.2 Å². The van der Waals surface area contributed by atoms with Crippen molar-refractivity contribution in [1.82, 2.24) is 19.5 Å². The average molecular weight is 345 g/mol. The summed E-state index contributed by atoms with van der Waals surface area (Å²) in [5, 5.41) is 10.4. The number of hydrogen-bond donors (Lipinski definition) is 3. The third kappa shape index (κ3) is 2.14. The van der Waals surface area contributed by atoms with Crippen molar-refractivity contribution in [3.63, 3.8) is 0 Å². The Kier molecular flexibility index (Phi) is 3.20. The van der Waals surface area contributed by atoms with Gasteiger partial charge in [-0.3, -0.25) is 9.09 Å². The van der Waals surface area contributed by atoms with Gasteiger partial charge in [0.05, 0.1) is 12.9 Å². The second-order valence-electron chi connectivity index (χ2n) is 4.97. The Morgan fingerprint density at radius 1 is 1.41 bits per heavy atom. The number of aromatic nitrogens is 4. The number of nitrogens with two attached hydrogens (primary N) is 1. The van der Waals surface area contributed by atoms with Gasteiger partial charge < -0.3 is 25.0 Å². The van der Waals surface area contributed by atoms with Crippen LogP contribution < -0.4 is 5.73 Å². The molecule has 0 spiro atoms. The van der Waals surface area contributed by atoms with E-state index in [1.165, 1.54) is 12.7 Å². The lowest BCUT2D eigenvalue weighted by molar-refractivity contribution is -0.0593. The van der Waals surface area contributed by atoms with Crippen molar-refractivity contribution < 1.29 is 23.8 Å². The molecule has 0 aromatic carbocycles. The summed E-state index contributed by atoms with van der Waals surface area (Å²) in [5.41, 5.74) is 6.58. The maximum Gasteiger partial charge on any atom is 0.325 e. The molecule has 0 bridgehead atoms. The maximum absolute atomic E-state index is 10.4. The van der Waals surface area contributed by atoms with Gasteiger partial charge in [0, 0.05) is 0 Å². The molecule has 2 aromatic heterocycles. The van der Waals surface area contributed by atoms with Gasteiger partial charge in [-0.1, -0.05) is 0 Å². The molecule has 10 nitrogen and oxygen atoms in total. The lowest BCUT2D eigenvalue weighted by atomic mass is 10.1. The normalized spacial score (nSPS) is 38.3. The molecule has 5 atom stereocenters. The van der Waals surface area contributed by atoms with E-state index in [0.717, 1.165) is 0 Å². The Balaban J connectivity index is 1.71. The van der Waals surface area contributed by atoms with Gasteiger partial charge in [-0.15, -0.1) is 0 Å². The second kappa shape index (κ2) is 4.90. The Bertz CT molecular complexity index is 786. The van der Waals surface area contributed by atoms with E-state index in [4.69, 9.17) is 31.3 Å². The predicted molar refractivity (Wildman–Crippen MR) is 77.0 cm³/mol. The van der Waals surface area contributed by atoms with Crippen LogP contribution >= 0.6 is 6.72 Å². The monoisotopic (exact) mass is 345 g/mol. The molecule has 12 heteroatoms. The molecule has 2 aliphatic rings. The van der Waals surface area contributed by atoms with Crippen LogP contribution in [0.25, 0.3) is 11.2 Å². The molecule has 22 heavy (non-hydrogen) atoms. The first-order valence-corrected chi connectivity index (χ1v) is 8.97. The molecule has 0 aliphatic carbocycles. The number of nitrogen functional groups attached to an aromatic ring is 1. The fraction of sp³-hybridized carbons (Fsp3) is 0.500. The second-order valence-corrected chi connectivity index (χ2v) is 7.76. The first kappa shape index (κ1) is 14.4. The highest BCUT2D eigenvalue weighted by Crippen LogP contribution is 2.52. The predicted octanol–water partition coefficient (Wildman–Crippen LogP) is -0.701. The van der Waals surface area contributed by atoms with Crippen LogP contribution in [0.5, 0.6) is 0 Å². The summed E-state index contributed by atoms with van der Waals surface area (Å²) in [6.45, 7) is -3.28. The van der Waals surface area contributed by atoms with E-state index in [1.54, 1.807) is 4.57 Å². The topological polar surface area (TPSA) is 138 Å². The molecule has 2 unspecified atom stereocenters.